The lowest BCUT2D eigenvalue weighted by molar-refractivity contribution is 0.525. The molecule has 2 aromatic rings. The van der Waals surface area contributed by atoms with Crippen LogP contribution in [0.5, 0.6) is 0 Å². The van der Waals surface area contributed by atoms with Gasteiger partial charge in [0.2, 0.25) is 0 Å². The van der Waals surface area contributed by atoms with Gasteiger partial charge in [-0.2, -0.15) is 0 Å². The Morgan fingerprint density at radius 1 is 1.44 bits per heavy atom. The molecule has 0 aliphatic carbocycles. The van der Waals surface area contributed by atoms with E-state index in [1.54, 1.807) is 25.1 Å². The number of likely N-dealkylation sites (N-methyl/N-ethyl adjacent to an activating group) is 1. The van der Waals surface area contributed by atoms with E-state index in [1.165, 1.54) is 5.56 Å². The minimum atomic E-state index is 0.214. The van der Waals surface area contributed by atoms with E-state index in [4.69, 9.17) is 4.42 Å². The van der Waals surface area contributed by atoms with Crippen LogP contribution in [0.15, 0.2) is 41.6 Å². The van der Waals surface area contributed by atoms with Gasteiger partial charge in [0, 0.05) is 6.20 Å². The highest BCUT2D eigenvalue weighted by Gasteiger charge is 2.12. The van der Waals surface area contributed by atoms with Gasteiger partial charge in [-0.3, -0.25) is 0 Å². The number of nitrogens with one attached hydrogen (secondary N) is 1. The van der Waals surface area contributed by atoms with Crippen molar-refractivity contribution in [2.24, 2.45) is 0 Å². The van der Waals surface area contributed by atoms with E-state index in [1.807, 2.05) is 12.1 Å². The summed E-state index contributed by atoms with van der Waals surface area (Å²) in [4.78, 5) is 8.20. The Hall–Kier alpha value is -1.68. The molecule has 1 atom stereocenters. The summed E-state index contributed by atoms with van der Waals surface area (Å²) < 4.78 is 5.07. The summed E-state index contributed by atoms with van der Waals surface area (Å²) in [5.74, 6) is 0. The molecular weight excluding hydrogens is 202 g/mol. The van der Waals surface area contributed by atoms with Crippen LogP contribution in [0.2, 0.25) is 0 Å². The quantitative estimate of drug-likeness (QED) is 0.831. The van der Waals surface area contributed by atoms with Gasteiger partial charge in [0.25, 0.3) is 0 Å². The molecule has 0 radical (unpaired) electrons. The zero-order chi connectivity index (χ0) is 11.2. The average molecular weight is 217 g/mol. The summed E-state index contributed by atoms with van der Waals surface area (Å²) in [6, 6.07) is 4.13. The van der Waals surface area contributed by atoms with Crippen LogP contribution in [0.1, 0.15) is 24.2 Å². The Morgan fingerprint density at radius 3 is 3.00 bits per heavy atom. The first kappa shape index (κ1) is 10.8. The van der Waals surface area contributed by atoms with Gasteiger partial charge >= 0.3 is 0 Å². The van der Waals surface area contributed by atoms with Gasteiger partial charge in [0.1, 0.15) is 6.33 Å². The summed E-state index contributed by atoms with van der Waals surface area (Å²) in [6.45, 7) is 3.00. The molecule has 4 heteroatoms. The van der Waals surface area contributed by atoms with Crippen LogP contribution in [-0.4, -0.2) is 16.5 Å². The third kappa shape index (κ3) is 2.67. The molecular formula is C12H15N3O. The number of hydrogen-bond acceptors (Lipinski definition) is 4. The number of hydrogen-bond donors (Lipinski definition) is 1. The molecule has 0 spiro atoms. The van der Waals surface area contributed by atoms with E-state index in [0.717, 1.165) is 18.7 Å². The SMILES string of the molecule is CCNC(Cc1ccoc1)c1ccncn1. The van der Waals surface area contributed by atoms with Crippen molar-refractivity contribution in [2.75, 3.05) is 6.54 Å². The Bertz CT molecular complexity index is 399. The number of nitrogens with zero attached hydrogens (tertiary/aromatic N) is 2. The second kappa shape index (κ2) is 5.42. The molecule has 0 saturated heterocycles. The fraction of sp³-hybridized carbons (Fsp3) is 0.333. The largest absolute Gasteiger partial charge is 0.472 e. The Morgan fingerprint density at radius 2 is 2.38 bits per heavy atom. The molecule has 0 fully saturated rings. The van der Waals surface area contributed by atoms with Gasteiger partial charge in [-0.1, -0.05) is 6.92 Å². The summed E-state index contributed by atoms with van der Waals surface area (Å²) >= 11 is 0. The molecule has 1 N–H and O–H groups in total. The summed E-state index contributed by atoms with van der Waals surface area (Å²) in [5.41, 5.74) is 2.18. The van der Waals surface area contributed by atoms with Crippen molar-refractivity contribution in [1.29, 1.82) is 0 Å². The van der Waals surface area contributed by atoms with Crippen molar-refractivity contribution >= 4 is 0 Å². The molecule has 0 amide bonds. The first-order chi connectivity index (χ1) is 7.90. The van der Waals surface area contributed by atoms with Gasteiger partial charge in [0.05, 0.1) is 24.3 Å². The maximum absolute atomic E-state index is 5.07. The summed E-state index contributed by atoms with van der Waals surface area (Å²) in [6.07, 6.45) is 7.68. The molecule has 2 heterocycles. The molecule has 0 aromatic carbocycles. The van der Waals surface area contributed by atoms with Crippen LogP contribution in [0.25, 0.3) is 0 Å². The van der Waals surface area contributed by atoms with Crippen LogP contribution in [-0.2, 0) is 6.42 Å². The van der Waals surface area contributed by atoms with E-state index >= 15 is 0 Å². The minimum Gasteiger partial charge on any atom is -0.472 e. The topological polar surface area (TPSA) is 51.0 Å². The molecule has 4 nitrogen and oxygen atoms in total. The van der Waals surface area contributed by atoms with E-state index < -0.39 is 0 Å². The summed E-state index contributed by atoms with van der Waals surface area (Å²) in [7, 11) is 0. The van der Waals surface area contributed by atoms with Crippen molar-refractivity contribution in [3.8, 4) is 0 Å². The lowest BCUT2D eigenvalue weighted by Crippen LogP contribution is -2.23. The fourth-order valence-electron chi connectivity index (χ4n) is 1.68. The maximum Gasteiger partial charge on any atom is 0.115 e. The predicted molar refractivity (Wildman–Crippen MR) is 60.9 cm³/mol. The van der Waals surface area contributed by atoms with Crippen LogP contribution < -0.4 is 5.32 Å². The van der Waals surface area contributed by atoms with Crippen LogP contribution in [0.3, 0.4) is 0 Å². The molecule has 0 aliphatic heterocycles. The molecule has 2 rings (SSSR count). The molecule has 0 bridgehead atoms. The van der Waals surface area contributed by atoms with Crippen LogP contribution >= 0.6 is 0 Å². The first-order valence-electron chi connectivity index (χ1n) is 5.40. The van der Waals surface area contributed by atoms with Gasteiger partial charge in [-0.15, -0.1) is 0 Å². The smallest absolute Gasteiger partial charge is 0.115 e. The van der Waals surface area contributed by atoms with Crippen LogP contribution in [0, 0.1) is 0 Å². The third-order valence-corrected chi connectivity index (χ3v) is 2.43. The standard InChI is InChI=1S/C12H15N3O/c1-2-14-12(7-10-4-6-16-8-10)11-3-5-13-9-15-11/h3-6,8-9,12,14H,2,7H2,1H3. The number of rotatable bonds is 5. The molecule has 84 valence electrons. The normalized spacial score (nSPS) is 12.6. The summed E-state index contributed by atoms with van der Waals surface area (Å²) in [5, 5.41) is 3.41. The van der Waals surface area contributed by atoms with Crippen molar-refractivity contribution in [1.82, 2.24) is 15.3 Å². The second-order valence-corrected chi connectivity index (χ2v) is 3.58. The van der Waals surface area contributed by atoms with E-state index in [-0.39, 0.29) is 6.04 Å². The van der Waals surface area contributed by atoms with Crippen molar-refractivity contribution in [2.45, 2.75) is 19.4 Å². The number of aromatic nitrogens is 2. The minimum absolute atomic E-state index is 0.214. The zero-order valence-electron chi connectivity index (χ0n) is 9.26. The highest BCUT2D eigenvalue weighted by Crippen LogP contribution is 2.15. The predicted octanol–water partition coefficient (Wildman–Crippen LogP) is 1.96. The molecule has 0 aliphatic rings. The second-order valence-electron chi connectivity index (χ2n) is 3.58. The maximum atomic E-state index is 5.07. The third-order valence-electron chi connectivity index (χ3n) is 2.43. The lowest BCUT2D eigenvalue weighted by atomic mass is 10.1. The lowest BCUT2D eigenvalue weighted by Gasteiger charge is -2.15. The monoisotopic (exact) mass is 217 g/mol. The molecule has 2 aromatic heterocycles. The molecule has 16 heavy (non-hydrogen) atoms. The zero-order valence-corrected chi connectivity index (χ0v) is 9.26. The van der Waals surface area contributed by atoms with E-state index in [2.05, 4.69) is 22.2 Å². The Balaban J connectivity index is 2.11. The molecule has 1 unspecified atom stereocenters. The van der Waals surface area contributed by atoms with Crippen molar-refractivity contribution in [3.05, 3.63) is 48.4 Å². The van der Waals surface area contributed by atoms with Gasteiger partial charge in [-0.25, -0.2) is 9.97 Å². The molecule has 0 saturated carbocycles. The first-order valence-corrected chi connectivity index (χ1v) is 5.40. The van der Waals surface area contributed by atoms with Crippen molar-refractivity contribution < 1.29 is 4.42 Å². The highest BCUT2D eigenvalue weighted by atomic mass is 16.3. The van der Waals surface area contributed by atoms with E-state index in [9.17, 15) is 0 Å². The fourth-order valence-corrected chi connectivity index (χ4v) is 1.68. The van der Waals surface area contributed by atoms with Gasteiger partial charge in [0.15, 0.2) is 0 Å². The Labute approximate surface area is 94.7 Å². The highest BCUT2D eigenvalue weighted by molar-refractivity contribution is 5.13. The van der Waals surface area contributed by atoms with Gasteiger partial charge < -0.3 is 9.73 Å². The van der Waals surface area contributed by atoms with E-state index in [0.29, 0.717) is 0 Å². The number of furan rings is 1. The average Bonchev–Trinajstić information content (AvgIpc) is 2.83. The van der Waals surface area contributed by atoms with Crippen LogP contribution in [0.4, 0.5) is 0 Å². The van der Waals surface area contributed by atoms with Gasteiger partial charge in [-0.05, 0) is 30.7 Å². The van der Waals surface area contributed by atoms with Crippen molar-refractivity contribution in [3.63, 3.8) is 0 Å². The Kier molecular flexibility index (Phi) is 3.66.